The highest BCUT2D eigenvalue weighted by molar-refractivity contribution is 7.92. The molecule has 2 aromatic rings. The van der Waals surface area contributed by atoms with Gasteiger partial charge >= 0.3 is 0 Å². The molecule has 0 spiro atoms. The Morgan fingerprint density at radius 3 is 2.80 bits per heavy atom. The van der Waals surface area contributed by atoms with Crippen LogP contribution >= 0.6 is 11.3 Å². The molecule has 0 aliphatic rings. The molecule has 2 aromatic heterocycles. The molecule has 1 unspecified atom stereocenters. The summed E-state index contributed by atoms with van der Waals surface area (Å²) in [6.07, 6.45) is 3.45. The number of nitrogens with zero attached hydrogens (tertiary/aromatic N) is 3. The fourth-order valence-corrected chi connectivity index (χ4v) is 3.61. The number of hydrogen-bond donors (Lipinski definition) is 1. The van der Waals surface area contributed by atoms with Gasteiger partial charge in [0.25, 0.3) is 0 Å². The molecule has 1 amide bonds. The van der Waals surface area contributed by atoms with Crippen molar-refractivity contribution in [3.05, 3.63) is 23.5 Å². The van der Waals surface area contributed by atoms with Crippen LogP contribution in [0.1, 0.15) is 12.6 Å². The van der Waals surface area contributed by atoms with Crippen molar-refractivity contribution in [2.75, 3.05) is 0 Å². The lowest BCUT2D eigenvalue weighted by atomic mass is 10.4. The summed E-state index contributed by atoms with van der Waals surface area (Å²) in [5.74, 6) is -1.15. The summed E-state index contributed by atoms with van der Waals surface area (Å²) in [4.78, 5) is 15.2. The van der Waals surface area contributed by atoms with Crippen LogP contribution in [-0.4, -0.2) is 34.3 Å². The van der Waals surface area contributed by atoms with Gasteiger partial charge in [-0.1, -0.05) is 0 Å². The standard InChI is InChI=1S/C11H14N4O3S2/c1-7(10(12)16)20(17,18)6-9-5-19-11(14-9)8-3-13-15(2)4-8/h3-5,7H,6H2,1-2H3,(H2,12,16). The van der Waals surface area contributed by atoms with E-state index < -0.39 is 21.0 Å². The van der Waals surface area contributed by atoms with Crippen molar-refractivity contribution in [1.29, 1.82) is 0 Å². The van der Waals surface area contributed by atoms with E-state index in [0.29, 0.717) is 10.7 Å². The molecule has 2 N–H and O–H groups in total. The Bertz CT molecular complexity index is 732. The van der Waals surface area contributed by atoms with Crippen molar-refractivity contribution in [2.24, 2.45) is 12.8 Å². The van der Waals surface area contributed by atoms with Crippen LogP contribution in [0.5, 0.6) is 0 Å². The number of carbonyl (C=O) groups excluding carboxylic acids is 1. The fourth-order valence-electron chi connectivity index (χ4n) is 1.55. The maximum atomic E-state index is 11.9. The molecular formula is C11H14N4O3S2. The molecule has 0 aromatic carbocycles. The average molecular weight is 314 g/mol. The van der Waals surface area contributed by atoms with Crippen LogP contribution in [0.3, 0.4) is 0 Å². The third-order valence-electron chi connectivity index (χ3n) is 2.79. The van der Waals surface area contributed by atoms with E-state index in [1.54, 1.807) is 29.5 Å². The van der Waals surface area contributed by atoms with Crippen LogP contribution in [0.2, 0.25) is 0 Å². The number of aryl methyl sites for hydroxylation is 1. The summed E-state index contributed by atoms with van der Waals surface area (Å²) in [5, 5.41) is 5.17. The van der Waals surface area contributed by atoms with Crippen molar-refractivity contribution in [3.8, 4) is 10.6 Å². The summed E-state index contributed by atoms with van der Waals surface area (Å²) in [7, 11) is -1.84. The van der Waals surface area contributed by atoms with Gasteiger partial charge in [-0.25, -0.2) is 13.4 Å². The van der Waals surface area contributed by atoms with E-state index in [0.717, 1.165) is 5.56 Å². The van der Waals surface area contributed by atoms with Crippen LogP contribution < -0.4 is 5.73 Å². The summed E-state index contributed by atoms with van der Waals surface area (Å²) in [6, 6.07) is 0. The first kappa shape index (κ1) is 14.7. The van der Waals surface area contributed by atoms with E-state index in [9.17, 15) is 13.2 Å². The summed E-state index contributed by atoms with van der Waals surface area (Å²) in [6.45, 7) is 1.28. The number of carbonyl (C=O) groups is 1. The van der Waals surface area contributed by atoms with Crippen LogP contribution in [0.25, 0.3) is 10.6 Å². The Morgan fingerprint density at radius 1 is 1.55 bits per heavy atom. The molecule has 0 radical (unpaired) electrons. The van der Waals surface area contributed by atoms with Gasteiger partial charge in [-0.15, -0.1) is 11.3 Å². The molecule has 0 saturated heterocycles. The smallest absolute Gasteiger partial charge is 0.235 e. The average Bonchev–Trinajstić information content (AvgIpc) is 2.96. The Hall–Kier alpha value is -1.74. The van der Waals surface area contributed by atoms with Gasteiger partial charge in [-0.05, 0) is 6.92 Å². The van der Waals surface area contributed by atoms with E-state index >= 15 is 0 Å². The van der Waals surface area contributed by atoms with E-state index in [-0.39, 0.29) is 5.75 Å². The van der Waals surface area contributed by atoms with Gasteiger partial charge in [0.2, 0.25) is 5.91 Å². The lowest BCUT2D eigenvalue weighted by molar-refractivity contribution is -0.117. The summed E-state index contributed by atoms with van der Waals surface area (Å²) >= 11 is 1.33. The molecule has 0 saturated carbocycles. The molecule has 108 valence electrons. The maximum absolute atomic E-state index is 11.9. The SMILES string of the molecule is CC(C(N)=O)S(=O)(=O)Cc1csc(-c2cnn(C)c2)n1. The monoisotopic (exact) mass is 314 g/mol. The number of hydrogen-bond acceptors (Lipinski definition) is 6. The highest BCUT2D eigenvalue weighted by Crippen LogP contribution is 2.24. The van der Waals surface area contributed by atoms with Crippen LogP contribution in [0.4, 0.5) is 0 Å². The van der Waals surface area contributed by atoms with Crippen molar-refractivity contribution >= 4 is 27.1 Å². The first-order valence-corrected chi connectivity index (χ1v) is 8.33. The minimum atomic E-state index is -3.63. The summed E-state index contributed by atoms with van der Waals surface area (Å²) in [5.41, 5.74) is 6.26. The highest BCUT2D eigenvalue weighted by Gasteiger charge is 2.27. The predicted molar refractivity (Wildman–Crippen MR) is 75.6 cm³/mol. The molecular weight excluding hydrogens is 300 g/mol. The number of rotatable bonds is 5. The molecule has 20 heavy (non-hydrogen) atoms. The van der Waals surface area contributed by atoms with E-state index in [4.69, 9.17) is 5.73 Å². The number of thiazole rings is 1. The second-order valence-corrected chi connectivity index (χ2v) is 7.58. The third-order valence-corrected chi connectivity index (χ3v) is 5.74. The van der Waals surface area contributed by atoms with Crippen molar-refractivity contribution in [3.63, 3.8) is 0 Å². The van der Waals surface area contributed by atoms with Crippen molar-refractivity contribution in [2.45, 2.75) is 17.9 Å². The molecule has 0 fully saturated rings. The minimum Gasteiger partial charge on any atom is -0.369 e. The number of nitrogens with two attached hydrogens (primary N) is 1. The molecule has 0 bridgehead atoms. The summed E-state index contributed by atoms with van der Waals surface area (Å²) < 4.78 is 25.5. The molecule has 7 nitrogen and oxygen atoms in total. The van der Waals surface area contributed by atoms with Crippen LogP contribution in [0, 0.1) is 0 Å². The van der Waals surface area contributed by atoms with E-state index in [1.807, 2.05) is 0 Å². The zero-order valence-electron chi connectivity index (χ0n) is 11.0. The lowest BCUT2D eigenvalue weighted by Gasteiger charge is -2.07. The van der Waals surface area contributed by atoms with Crippen molar-refractivity contribution in [1.82, 2.24) is 14.8 Å². The number of sulfone groups is 1. The van der Waals surface area contributed by atoms with Crippen LogP contribution in [0.15, 0.2) is 17.8 Å². The second-order valence-electron chi connectivity index (χ2n) is 4.40. The largest absolute Gasteiger partial charge is 0.369 e. The second kappa shape index (κ2) is 5.33. The Kier molecular flexibility index (Phi) is 3.91. The van der Waals surface area contributed by atoms with Gasteiger partial charge in [0.05, 0.1) is 17.6 Å². The maximum Gasteiger partial charge on any atom is 0.235 e. The first-order valence-electron chi connectivity index (χ1n) is 5.74. The number of primary amides is 1. The zero-order chi connectivity index (χ0) is 14.9. The first-order chi connectivity index (χ1) is 9.29. The van der Waals surface area contributed by atoms with Gasteiger partial charge in [0, 0.05) is 24.2 Å². The number of amides is 1. The molecule has 9 heteroatoms. The van der Waals surface area contributed by atoms with Gasteiger partial charge in [-0.2, -0.15) is 5.10 Å². The van der Waals surface area contributed by atoms with E-state index in [2.05, 4.69) is 10.1 Å². The van der Waals surface area contributed by atoms with Crippen LogP contribution in [-0.2, 0) is 27.4 Å². The Balaban J connectivity index is 2.20. The van der Waals surface area contributed by atoms with Gasteiger partial charge in [0.1, 0.15) is 10.3 Å². The van der Waals surface area contributed by atoms with Gasteiger partial charge < -0.3 is 5.73 Å². The fraction of sp³-hybridized carbons (Fsp3) is 0.364. The van der Waals surface area contributed by atoms with Gasteiger partial charge in [0.15, 0.2) is 9.84 Å². The molecule has 0 aliphatic carbocycles. The Morgan fingerprint density at radius 2 is 2.25 bits per heavy atom. The minimum absolute atomic E-state index is 0.298. The quantitative estimate of drug-likeness (QED) is 0.855. The topological polar surface area (TPSA) is 108 Å². The van der Waals surface area contributed by atoms with Gasteiger partial charge in [-0.3, -0.25) is 9.48 Å². The molecule has 1 atom stereocenters. The molecule has 2 heterocycles. The predicted octanol–water partition coefficient (Wildman–Crippen LogP) is 0.332. The van der Waals surface area contributed by atoms with E-state index in [1.165, 1.54) is 18.3 Å². The normalized spacial score (nSPS) is 13.3. The number of aromatic nitrogens is 3. The Labute approximate surface area is 120 Å². The molecule has 0 aliphatic heterocycles. The van der Waals surface area contributed by atoms with Crippen molar-refractivity contribution < 1.29 is 13.2 Å². The highest BCUT2D eigenvalue weighted by atomic mass is 32.2. The lowest BCUT2D eigenvalue weighted by Crippen LogP contribution is -2.34. The zero-order valence-corrected chi connectivity index (χ0v) is 12.6. The third kappa shape index (κ3) is 3.05. The molecule has 2 rings (SSSR count).